The highest BCUT2D eigenvalue weighted by atomic mass is 32.1. The van der Waals surface area contributed by atoms with Crippen molar-refractivity contribution >= 4 is 35.1 Å². The summed E-state index contributed by atoms with van der Waals surface area (Å²) in [6.45, 7) is 0. The summed E-state index contributed by atoms with van der Waals surface area (Å²) in [5.74, 6) is 0.189. The number of benzene rings is 1. The summed E-state index contributed by atoms with van der Waals surface area (Å²) in [5, 5.41) is 2.89. The van der Waals surface area contributed by atoms with E-state index in [1.165, 1.54) is 0 Å². The van der Waals surface area contributed by atoms with Gasteiger partial charge in [-0.2, -0.15) is 12.6 Å². The van der Waals surface area contributed by atoms with Crippen molar-refractivity contribution in [2.75, 3.05) is 0 Å². The Morgan fingerprint density at radius 1 is 1.47 bits per heavy atom. The lowest BCUT2D eigenvalue weighted by Crippen LogP contribution is -1.92. The van der Waals surface area contributed by atoms with Gasteiger partial charge in [0.25, 0.3) is 0 Å². The molecule has 3 rings (SSSR count). The monoisotopic (exact) mass is 264 g/mol. The second-order valence-electron chi connectivity index (χ2n) is 3.53. The molecule has 0 bridgehead atoms. The number of rotatable bonds is 2. The van der Waals surface area contributed by atoms with Crippen molar-refractivity contribution in [2.24, 2.45) is 0 Å². The van der Waals surface area contributed by atoms with Crippen molar-refractivity contribution in [3.05, 3.63) is 39.8 Å². The van der Waals surface area contributed by atoms with Crippen molar-refractivity contribution in [2.45, 2.75) is 5.75 Å². The van der Waals surface area contributed by atoms with Crippen LogP contribution in [-0.2, 0) is 5.75 Å². The molecule has 17 heavy (non-hydrogen) atoms. The molecule has 4 nitrogen and oxygen atoms in total. The van der Waals surface area contributed by atoms with E-state index in [0.717, 1.165) is 16.3 Å². The molecule has 2 aromatic heterocycles. The third kappa shape index (κ3) is 1.89. The average molecular weight is 264 g/mol. The van der Waals surface area contributed by atoms with Crippen molar-refractivity contribution in [1.82, 2.24) is 9.97 Å². The lowest BCUT2D eigenvalue weighted by Gasteiger charge is -1.95. The maximum Gasteiger partial charge on any atom is 0.417 e. The van der Waals surface area contributed by atoms with Gasteiger partial charge < -0.3 is 4.42 Å². The maximum atomic E-state index is 11.0. The van der Waals surface area contributed by atoms with Gasteiger partial charge in [0.15, 0.2) is 5.58 Å². The molecule has 3 aromatic rings. The molecule has 6 heteroatoms. The Hall–Kier alpha value is -1.53. The van der Waals surface area contributed by atoms with Crippen LogP contribution in [0.5, 0.6) is 0 Å². The predicted octanol–water partition coefficient (Wildman–Crippen LogP) is 2.67. The van der Waals surface area contributed by atoms with Crippen LogP contribution < -0.4 is 5.76 Å². The fourth-order valence-electron chi connectivity index (χ4n) is 1.60. The summed E-state index contributed by atoms with van der Waals surface area (Å²) in [6, 6.07) is 5.52. The largest absolute Gasteiger partial charge is 0.417 e. The van der Waals surface area contributed by atoms with Crippen LogP contribution in [0.4, 0.5) is 0 Å². The standard InChI is InChI=1S/C11H8N2O2S2/c14-11-13-8-3-6(1-2-9(8)15-11)10-12-7(4-16)5-17-10/h1-3,5,16H,4H2,(H,13,14). The minimum absolute atomic E-state index is 0.438. The van der Waals surface area contributed by atoms with E-state index in [-0.39, 0.29) is 0 Å². The zero-order chi connectivity index (χ0) is 11.8. The number of hydrogen-bond acceptors (Lipinski definition) is 5. The summed E-state index contributed by atoms with van der Waals surface area (Å²) in [4.78, 5) is 18.1. The zero-order valence-electron chi connectivity index (χ0n) is 8.64. The van der Waals surface area contributed by atoms with E-state index in [1.54, 1.807) is 17.4 Å². The molecule has 0 aliphatic heterocycles. The highest BCUT2D eigenvalue weighted by Gasteiger charge is 2.07. The summed E-state index contributed by atoms with van der Waals surface area (Å²) in [7, 11) is 0. The van der Waals surface area contributed by atoms with Crippen molar-refractivity contribution in [3.63, 3.8) is 0 Å². The minimum Gasteiger partial charge on any atom is -0.408 e. The summed E-state index contributed by atoms with van der Waals surface area (Å²) in [6.07, 6.45) is 0. The van der Waals surface area contributed by atoms with Gasteiger partial charge in [-0.1, -0.05) is 0 Å². The predicted molar refractivity (Wildman–Crippen MR) is 70.6 cm³/mol. The molecule has 1 aromatic carbocycles. The van der Waals surface area contributed by atoms with Crippen LogP contribution in [-0.4, -0.2) is 9.97 Å². The molecule has 0 spiro atoms. The molecule has 0 radical (unpaired) electrons. The Bertz CT molecular complexity index is 726. The molecular formula is C11H8N2O2S2. The highest BCUT2D eigenvalue weighted by Crippen LogP contribution is 2.26. The highest BCUT2D eigenvalue weighted by molar-refractivity contribution is 7.79. The average Bonchev–Trinajstić information content (AvgIpc) is 2.92. The number of oxazole rings is 1. The van der Waals surface area contributed by atoms with E-state index >= 15 is 0 Å². The van der Waals surface area contributed by atoms with Gasteiger partial charge in [-0.15, -0.1) is 11.3 Å². The Morgan fingerprint density at radius 3 is 3.12 bits per heavy atom. The van der Waals surface area contributed by atoms with Crippen molar-refractivity contribution < 1.29 is 4.42 Å². The molecule has 86 valence electrons. The third-order valence-corrected chi connectivity index (χ3v) is 3.64. The van der Waals surface area contributed by atoms with Crippen LogP contribution in [0.3, 0.4) is 0 Å². The number of nitrogens with one attached hydrogen (secondary N) is 1. The molecule has 0 atom stereocenters. The van der Waals surface area contributed by atoms with Gasteiger partial charge in [0.2, 0.25) is 0 Å². The number of H-pyrrole nitrogens is 1. The topological polar surface area (TPSA) is 58.9 Å². The van der Waals surface area contributed by atoms with Gasteiger partial charge >= 0.3 is 5.76 Å². The van der Waals surface area contributed by atoms with E-state index < -0.39 is 5.76 Å². The summed E-state index contributed by atoms with van der Waals surface area (Å²) < 4.78 is 4.94. The van der Waals surface area contributed by atoms with E-state index in [9.17, 15) is 4.79 Å². The van der Waals surface area contributed by atoms with Gasteiger partial charge in [0, 0.05) is 16.7 Å². The summed E-state index contributed by atoms with van der Waals surface area (Å²) in [5.41, 5.74) is 3.17. The van der Waals surface area contributed by atoms with Gasteiger partial charge in [-0.3, -0.25) is 4.98 Å². The number of aromatic nitrogens is 2. The fraction of sp³-hybridized carbons (Fsp3) is 0.0909. The Balaban J connectivity index is 2.13. The number of thiazole rings is 1. The molecule has 0 fully saturated rings. The van der Waals surface area contributed by atoms with Crippen LogP contribution in [0.15, 0.2) is 32.8 Å². The molecule has 0 saturated heterocycles. The number of hydrogen-bond donors (Lipinski definition) is 2. The van der Waals surface area contributed by atoms with Gasteiger partial charge in [0.05, 0.1) is 11.2 Å². The Morgan fingerprint density at radius 2 is 2.35 bits per heavy atom. The summed E-state index contributed by atoms with van der Waals surface area (Å²) >= 11 is 5.74. The first-order valence-corrected chi connectivity index (χ1v) is 6.46. The molecule has 0 unspecified atom stereocenters. The smallest absolute Gasteiger partial charge is 0.408 e. The van der Waals surface area contributed by atoms with Crippen LogP contribution in [0.25, 0.3) is 21.7 Å². The molecule has 1 N–H and O–H groups in total. The number of nitrogens with zero attached hydrogens (tertiary/aromatic N) is 1. The second-order valence-corrected chi connectivity index (χ2v) is 4.70. The van der Waals surface area contributed by atoms with E-state index in [4.69, 9.17) is 4.42 Å². The lowest BCUT2D eigenvalue weighted by atomic mass is 10.2. The van der Waals surface area contributed by atoms with Gasteiger partial charge in [-0.25, -0.2) is 9.78 Å². The zero-order valence-corrected chi connectivity index (χ0v) is 10.3. The lowest BCUT2D eigenvalue weighted by molar-refractivity contribution is 0.555. The molecule has 0 amide bonds. The minimum atomic E-state index is -0.438. The Labute approximate surface area is 106 Å². The van der Waals surface area contributed by atoms with Crippen LogP contribution in [0, 0.1) is 0 Å². The van der Waals surface area contributed by atoms with Crippen molar-refractivity contribution in [3.8, 4) is 10.6 Å². The quantitative estimate of drug-likeness (QED) is 0.700. The molecule has 2 heterocycles. The van der Waals surface area contributed by atoms with Crippen LogP contribution in [0.1, 0.15) is 5.69 Å². The SMILES string of the molecule is O=c1[nH]c2cc(-c3nc(CS)cs3)ccc2o1. The first kappa shape index (κ1) is 10.6. The van der Waals surface area contributed by atoms with Crippen LogP contribution in [0.2, 0.25) is 0 Å². The molecular weight excluding hydrogens is 256 g/mol. The van der Waals surface area contributed by atoms with Gasteiger partial charge in [-0.05, 0) is 18.2 Å². The molecule has 0 saturated carbocycles. The van der Waals surface area contributed by atoms with E-state index in [1.807, 2.05) is 17.5 Å². The number of thiol groups is 1. The second kappa shape index (κ2) is 4.05. The number of fused-ring (bicyclic) bond motifs is 1. The molecule has 0 aliphatic rings. The Kier molecular flexibility index (Phi) is 2.53. The molecule has 0 aliphatic carbocycles. The van der Waals surface area contributed by atoms with E-state index in [2.05, 4.69) is 22.6 Å². The fourth-order valence-corrected chi connectivity index (χ4v) is 2.70. The van der Waals surface area contributed by atoms with Crippen LogP contribution >= 0.6 is 24.0 Å². The van der Waals surface area contributed by atoms with Gasteiger partial charge in [0.1, 0.15) is 5.01 Å². The number of aromatic amines is 1. The first-order valence-electron chi connectivity index (χ1n) is 4.95. The van der Waals surface area contributed by atoms with E-state index in [0.29, 0.717) is 16.9 Å². The first-order chi connectivity index (χ1) is 8.26. The third-order valence-electron chi connectivity index (χ3n) is 2.38. The van der Waals surface area contributed by atoms with Crippen molar-refractivity contribution in [1.29, 1.82) is 0 Å². The normalized spacial score (nSPS) is 11.1. The maximum absolute atomic E-state index is 11.0.